The molecule has 0 N–H and O–H groups in total. The third-order valence-electron chi connectivity index (χ3n) is 11.5. The van der Waals surface area contributed by atoms with Crippen LogP contribution in [0.2, 0.25) is 0 Å². The van der Waals surface area contributed by atoms with Gasteiger partial charge in [0.15, 0.2) is 5.58 Å². The molecule has 0 fully saturated rings. The van der Waals surface area contributed by atoms with Crippen LogP contribution in [0.3, 0.4) is 0 Å². The van der Waals surface area contributed by atoms with Gasteiger partial charge in [0, 0.05) is 57.7 Å². The van der Waals surface area contributed by atoms with Crippen molar-refractivity contribution in [3.8, 4) is 33.4 Å². The van der Waals surface area contributed by atoms with Crippen LogP contribution in [-0.4, -0.2) is 0 Å². The highest BCUT2D eigenvalue weighted by atomic mass is 32.1. The predicted molar refractivity (Wildman–Crippen MR) is 250 cm³/mol. The van der Waals surface area contributed by atoms with E-state index < -0.39 is 0 Å². The van der Waals surface area contributed by atoms with Crippen LogP contribution in [0.25, 0.3) is 95.7 Å². The van der Waals surface area contributed by atoms with Crippen LogP contribution in [-0.2, 0) is 0 Å². The van der Waals surface area contributed by atoms with Gasteiger partial charge in [0.05, 0.1) is 16.1 Å². The summed E-state index contributed by atoms with van der Waals surface area (Å²) in [7, 11) is 0. The zero-order valence-corrected chi connectivity index (χ0v) is 32.9. The fourth-order valence-corrected chi connectivity index (χ4v) is 11.1. The first kappa shape index (κ1) is 33.2. The molecule has 58 heavy (non-hydrogen) atoms. The zero-order valence-electron chi connectivity index (χ0n) is 31.2. The van der Waals surface area contributed by atoms with E-state index in [0.29, 0.717) is 0 Å². The summed E-state index contributed by atoms with van der Waals surface area (Å²) in [6.07, 6.45) is 0. The van der Waals surface area contributed by atoms with Crippen LogP contribution in [0.1, 0.15) is 0 Å². The molecule has 12 rings (SSSR count). The molecule has 0 spiro atoms. The first-order valence-electron chi connectivity index (χ1n) is 19.6. The van der Waals surface area contributed by atoms with Crippen LogP contribution in [0.4, 0.5) is 17.1 Å². The number of benzene rings is 9. The van der Waals surface area contributed by atoms with Gasteiger partial charge in [0.25, 0.3) is 0 Å². The van der Waals surface area contributed by atoms with E-state index in [2.05, 4.69) is 205 Å². The minimum Gasteiger partial charge on any atom is -0.453 e. The lowest BCUT2D eigenvalue weighted by Gasteiger charge is -2.26. The third kappa shape index (κ3) is 5.23. The quantitative estimate of drug-likeness (QED) is 0.167. The first-order valence-corrected chi connectivity index (χ1v) is 21.2. The molecule has 0 aliphatic carbocycles. The fraction of sp³-hybridized carbons (Fsp3) is 0. The van der Waals surface area contributed by atoms with Crippen molar-refractivity contribution in [1.82, 2.24) is 0 Å². The van der Waals surface area contributed by atoms with Crippen molar-refractivity contribution in [2.45, 2.75) is 0 Å². The molecule has 0 bridgehead atoms. The second kappa shape index (κ2) is 13.3. The summed E-state index contributed by atoms with van der Waals surface area (Å²) in [5, 5.41) is 7.41. The van der Waals surface area contributed by atoms with Gasteiger partial charge >= 0.3 is 0 Å². The molecule has 0 amide bonds. The van der Waals surface area contributed by atoms with Crippen LogP contribution in [0, 0.1) is 0 Å². The Bertz CT molecular complexity index is 3500. The lowest BCUT2D eigenvalue weighted by Crippen LogP contribution is -2.10. The minimum atomic E-state index is 0.868. The Labute approximate surface area is 343 Å². The molecule has 0 saturated carbocycles. The van der Waals surface area contributed by atoms with Gasteiger partial charge in [-0.3, -0.25) is 0 Å². The van der Waals surface area contributed by atoms with Gasteiger partial charge in [-0.1, -0.05) is 158 Å². The molecule has 0 atom stereocenters. The normalized spacial score (nSPS) is 11.8. The molecule has 9 aromatic carbocycles. The predicted octanol–water partition coefficient (Wildman–Crippen LogP) is 16.8. The SMILES string of the molecule is c1ccc(-c2cccc3c2oc2c(N(c4ccc(-c5ccc(-c6cccc7sc8ccccc8c67)cc5)cc4)c4cccc5c4sc4ccccc45)cccc23)cc1. The van der Waals surface area contributed by atoms with E-state index in [1.165, 1.54) is 62.6 Å². The standard InChI is InChI=1S/C54H33NOS2/c1-2-12-36(13-3-1)40-17-8-18-42-43-19-9-21-46(53(43)56-52(40)42)55(47-22-10-20-44-41-14-4-6-23-48(41)58-54(44)47)38-32-30-35(31-33-38)34-26-28-37(29-27-34)39-16-11-25-50-51(39)45-15-5-7-24-49(45)57-50/h1-33H. The molecule has 12 aromatic rings. The Kier molecular flexibility index (Phi) is 7.62. The maximum absolute atomic E-state index is 7.01. The highest BCUT2D eigenvalue weighted by Crippen LogP contribution is 2.48. The molecular formula is C54H33NOS2. The third-order valence-corrected chi connectivity index (χ3v) is 13.9. The Balaban J connectivity index is 0.997. The lowest BCUT2D eigenvalue weighted by atomic mass is 9.97. The number of furan rings is 1. The smallest absolute Gasteiger partial charge is 0.159 e. The fourth-order valence-electron chi connectivity index (χ4n) is 8.80. The van der Waals surface area contributed by atoms with E-state index in [-0.39, 0.29) is 0 Å². The number of rotatable bonds is 6. The number of fused-ring (bicyclic) bond motifs is 9. The van der Waals surface area contributed by atoms with Crippen LogP contribution < -0.4 is 4.90 Å². The average Bonchev–Trinajstić information content (AvgIpc) is 3.99. The van der Waals surface area contributed by atoms with Gasteiger partial charge in [-0.2, -0.15) is 0 Å². The highest BCUT2D eigenvalue weighted by molar-refractivity contribution is 7.26. The molecule has 0 aliphatic heterocycles. The van der Waals surface area contributed by atoms with Crippen molar-refractivity contribution in [3.63, 3.8) is 0 Å². The van der Waals surface area contributed by atoms with Crippen LogP contribution >= 0.6 is 22.7 Å². The molecule has 2 nitrogen and oxygen atoms in total. The van der Waals surface area contributed by atoms with Crippen molar-refractivity contribution in [3.05, 3.63) is 200 Å². The molecule has 0 unspecified atom stereocenters. The molecule has 0 aliphatic rings. The van der Waals surface area contributed by atoms with Gasteiger partial charge in [0.2, 0.25) is 0 Å². The summed E-state index contributed by atoms with van der Waals surface area (Å²) in [6.45, 7) is 0. The molecule has 3 heterocycles. The van der Waals surface area contributed by atoms with Crippen LogP contribution in [0.15, 0.2) is 205 Å². The largest absolute Gasteiger partial charge is 0.453 e. The number of nitrogens with zero attached hydrogens (tertiary/aromatic N) is 1. The average molecular weight is 776 g/mol. The molecule has 0 saturated heterocycles. The number of para-hydroxylation sites is 2. The summed E-state index contributed by atoms with van der Waals surface area (Å²) in [4.78, 5) is 2.39. The Hall–Kier alpha value is -6.98. The second-order valence-corrected chi connectivity index (χ2v) is 16.9. The van der Waals surface area contributed by atoms with Gasteiger partial charge in [0.1, 0.15) is 5.58 Å². The summed E-state index contributed by atoms with van der Waals surface area (Å²) in [6, 6.07) is 72.4. The van der Waals surface area contributed by atoms with Crippen molar-refractivity contribution in [2.75, 3.05) is 4.90 Å². The van der Waals surface area contributed by atoms with E-state index in [0.717, 1.165) is 50.1 Å². The molecular weight excluding hydrogens is 743 g/mol. The number of anilines is 3. The van der Waals surface area contributed by atoms with E-state index in [1.807, 2.05) is 22.7 Å². The number of hydrogen-bond donors (Lipinski definition) is 0. The van der Waals surface area contributed by atoms with Gasteiger partial charge in [-0.25, -0.2) is 0 Å². The Morgan fingerprint density at radius 1 is 0.328 bits per heavy atom. The Morgan fingerprint density at radius 2 is 0.862 bits per heavy atom. The first-order chi connectivity index (χ1) is 28.8. The molecule has 3 aromatic heterocycles. The van der Waals surface area contributed by atoms with Crippen molar-refractivity contribution < 1.29 is 4.42 Å². The summed E-state index contributed by atoms with van der Waals surface area (Å²) in [5.74, 6) is 0. The van der Waals surface area contributed by atoms with E-state index in [9.17, 15) is 0 Å². The van der Waals surface area contributed by atoms with Gasteiger partial charge in [-0.15, -0.1) is 22.7 Å². The van der Waals surface area contributed by atoms with Crippen molar-refractivity contribution in [2.24, 2.45) is 0 Å². The van der Waals surface area contributed by atoms with Gasteiger partial charge < -0.3 is 9.32 Å². The second-order valence-electron chi connectivity index (χ2n) is 14.8. The monoisotopic (exact) mass is 775 g/mol. The zero-order chi connectivity index (χ0) is 38.2. The highest BCUT2D eigenvalue weighted by Gasteiger charge is 2.23. The topological polar surface area (TPSA) is 16.4 Å². The molecule has 272 valence electrons. The van der Waals surface area contributed by atoms with E-state index in [1.54, 1.807) is 0 Å². The maximum atomic E-state index is 7.01. The van der Waals surface area contributed by atoms with E-state index in [4.69, 9.17) is 4.42 Å². The van der Waals surface area contributed by atoms with Gasteiger partial charge in [-0.05, 0) is 70.3 Å². The molecule has 4 heteroatoms. The van der Waals surface area contributed by atoms with Crippen molar-refractivity contribution >= 4 is 102 Å². The number of thiophene rings is 2. The van der Waals surface area contributed by atoms with E-state index >= 15 is 0 Å². The van der Waals surface area contributed by atoms with Crippen molar-refractivity contribution in [1.29, 1.82) is 0 Å². The lowest BCUT2D eigenvalue weighted by molar-refractivity contribution is 0.670. The summed E-state index contributed by atoms with van der Waals surface area (Å²) >= 11 is 3.71. The Morgan fingerprint density at radius 3 is 1.66 bits per heavy atom. The maximum Gasteiger partial charge on any atom is 0.159 e. The minimum absolute atomic E-state index is 0.868. The molecule has 0 radical (unpaired) electrons. The number of hydrogen-bond acceptors (Lipinski definition) is 4. The van der Waals surface area contributed by atoms with Crippen LogP contribution in [0.5, 0.6) is 0 Å². The summed E-state index contributed by atoms with van der Waals surface area (Å²) in [5.41, 5.74) is 12.1. The summed E-state index contributed by atoms with van der Waals surface area (Å²) < 4.78 is 12.2.